The molecule has 0 bridgehead atoms. The van der Waals surface area contributed by atoms with Crippen LogP contribution >= 0.6 is 0 Å². The molecule has 0 saturated heterocycles. The van der Waals surface area contributed by atoms with Crippen molar-refractivity contribution in [1.29, 1.82) is 0 Å². The molecule has 0 aliphatic carbocycles. The SMILES string of the molecule is CCCCCCCCCCNC(=O)CCCCCCCCCCOc1ccc(O)cc1. The molecule has 0 fully saturated rings. The van der Waals surface area contributed by atoms with E-state index in [4.69, 9.17) is 4.74 Å². The van der Waals surface area contributed by atoms with Crippen LogP contribution in [0.3, 0.4) is 0 Å². The van der Waals surface area contributed by atoms with Gasteiger partial charge in [0.05, 0.1) is 6.61 Å². The van der Waals surface area contributed by atoms with E-state index in [-0.39, 0.29) is 11.7 Å². The number of amides is 1. The molecule has 1 amide bonds. The highest BCUT2D eigenvalue weighted by Crippen LogP contribution is 2.16. The van der Waals surface area contributed by atoms with Crippen LogP contribution in [0.5, 0.6) is 11.5 Å². The Balaban J connectivity index is 1.76. The molecule has 0 aliphatic rings. The van der Waals surface area contributed by atoms with E-state index in [2.05, 4.69) is 12.2 Å². The Hall–Kier alpha value is -1.71. The highest BCUT2D eigenvalue weighted by Gasteiger charge is 2.01. The molecule has 0 unspecified atom stereocenters. The van der Waals surface area contributed by atoms with Crippen molar-refractivity contribution in [2.24, 2.45) is 0 Å². The number of carbonyl (C=O) groups excluding carboxylic acids is 1. The van der Waals surface area contributed by atoms with Crippen LogP contribution in [0.4, 0.5) is 0 Å². The summed E-state index contributed by atoms with van der Waals surface area (Å²) in [6.07, 6.45) is 20.6. The summed E-state index contributed by atoms with van der Waals surface area (Å²) in [5.41, 5.74) is 0. The lowest BCUT2D eigenvalue weighted by atomic mass is 10.1. The molecule has 1 aromatic carbocycles. The first kappa shape index (κ1) is 27.3. The third kappa shape index (κ3) is 17.6. The number of hydrogen-bond donors (Lipinski definition) is 2. The lowest BCUT2D eigenvalue weighted by molar-refractivity contribution is -0.121. The summed E-state index contributed by atoms with van der Waals surface area (Å²) in [6, 6.07) is 6.89. The van der Waals surface area contributed by atoms with E-state index in [1.807, 2.05) is 0 Å². The van der Waals surface area contributed by atoms with Gasteiger partial charge in [-0.3, -0.25) is 4.79 Å². The summed E-state index contributed by atoms with van der Waals surface area (Å²) in [4.78, 5) is 11.9. The predicted octanol–water partition coefficient (Wildman–Crippen LogP) is 7.54. The van der Waals surface area contributed by atoms with E-state index in [1.54, 1.807) is 24.3 Å². The average molecular weight is 434 g/mol. The van der Waals surface area contributed by atoms with Crippen molar-refractivity contribution in [1.82, 2.24) is 5.32 Å². The smallest absolute Gasteiger partial charge is 0.219 e. The number of aromatic hydroxyl groups is 1. The first-order valence-corrected chi connectivity index (χ1v) is 12.9. The molecular weight excluding hydrogens is 386 g/mol. The predicted molar refractivity (Wildman–Crippen MR) is 131 cm³/mol. The normalized spacial score (nSPS) is 10.9. The fourth-order valence-electron chi connectivity index (χ4n) is 3.76. The van der Waals surface area contributed by atoms with Crippen LogP contribution in [0.1, 0.15) is 116 Å². The zero-order valence-corrected chi connectivity index (χ0v) is 20.0. The number of unbranched alkanes of at least 4 members (excludes halogenated alkanes) is 14. The van der Waals surface area contributed by atoms with Gasteiger partial charge in [-0.25, -0.2) is 0 Å². The van der Waals surface area contributed by atoms with Gasteiger partial charge in [0, 0.05) is 13.0 Å². The fourth-order valence-corrected chi connectivity index (χ4v) is 3.76. The largest absolute Gasteiger partial charge is 0.508 e. The van der Waals surface area contributed by atoms with Crippen molar-refractivity contribution in [3.63, 3.8) is 0 Å². The highest BCUT2D eigenvalue weighted by atomic mass is 16.5. The van der Waals surface area contributed by atoms with Gasteiger partial charge in [-0.05, 0) is 43.5 Å². The zero-order chi connectivity index (χ0) is 22.4. The van der Waals surface area contributed by atoms with Crippen LogP contribution in [0.2, 0.25) is 0 Å². The van der Waals surface area contributed by atoms with Gasteiger partial charge in [-0.1, -0.05) is 90.4 Å². The molecule has 1 rings (SSSR count). The summed E-state index contributed by atoms with van der Waals surface area (Å²) < 4.78 is 5.66. The maximum absolute atomic E-state index is 11.9. The molecular formula is C27H47NO3. The first-order chi connectivity index (χ1) is 15.2. The van der Waals surface area contributed by atoms with Crippen molar-refractivity contribution in [2.75, 3.05) is 13.2 Å². The lowest BCUT2D eigenvalue weighted by Crippen LogP contribution is -2.23. The van der Waals surface area contributed by atoms with Gasteiger partial charge in [-0.2, -0.15) is 0 Å². The Kier molecular flexibility index (Phi) is 17.8. The quantitative estimate of drug-likeness (QED) is 0.197. The lowest BCUT2D eigenvalue weighted by Gasteiger charge is -2.07. The van der Waals surface area contributed by atoms with E-state index >= 15 is 0 Å². The summed E-state index contributed by atoms with van der Waals surface area (Å²) in [7, 11) is 0. The van der Waals surface area contributed by atoms with Crippen LogP contribution < -0.4 is 10.1 Å². The molecule has 0 aromatic heterocycles. The Morgan fingerprint density at radius 1 is 0.742 bits per heavy atom. The van der Waals surface area contributed by atoms with Gasteiger partial charge in [0.25, 0.3) is 0 Å². The minimum Gasteiger partial charge on any atom is -0.508 e. The Morgan fingerprint density at radius 3 is 1.87 bits per heavy atom. The molecule has 0 spiro atoms. The van der Waals surface area contributed by atoms with Gasteiger partial charge < -0.3 is 15.2 Å². The van der Waals surface area contributed by atoms with Gasteiger partial charge in [-0.15, -0.1) is 0 Å². The fraction of sp³-hybridized carbons (Fsp3) is 0.741. The molecule has 0 radical (unpaired) electrons. The van der Waals surface area contributed by atoms with Crippen LogP contribution in [0, 0.1) is 0 Å². The summed E-state index contributed by atoms with van der Waals surface area (Å²) >= 11 is 0. The molecule has 0 atom stereocenters. The standard InChI is InChI=1S/C27H47NO3/c1-2-3-4-5-6-10-13-16-23-28-27(30)18-15-12-9-7-8-11-14-17-24-31-26-21-19-25(29)20-22-26/h19-22,29H,2-18,23-24H2,1H3,(H,28,30). The number of phenols is 1. The second kappa shape index (κ2) is 20.2. The van der Waals surface area contributed by atoms with Crippen molar-refractivity contribution >= 4 is 5.91 Å². The second-order valence-electron chi connectivity index (χ2n) is 8.75. The molecule has 0 aliphatic heterocycles. The number of benzene rings is 1. The van der Waals surface area contributed by atoms with E-state index in [1.165, 1.54) is 77.0 Å². The van der Waals surface area contributed by atoms with Gasteiger partial charge in [0.2, 0.25) is 5.91 Å². The Labute approximate surface area is 191 Å². The second-order valence-corrected chi connectivity index (χ2v) is 8.75. The van der Waals surface area contributed by atoms with E-state index in [0.29, 0.717) is 6.42 Å². The van der Waals surface area contributed by atoms with Crippen molar-refractivity contribution in [3.8, 4) is 11.5 Å². The number of nitrogens with one attached hydrogen (secondary N) is 1. The minimum absolute atomic E-state index is 0.233. The van der Waals surface area contributed by atoms with Gasteiger partial charge >= 0.3 is 0 Å². The van der Waals surface area contributed by atoms with Gasteiger partial charge in [0.1, 0.15) is 11.5 Å². The maximum Gasteiger partial charge on any atom is 0.219 e. The maximum atomic E-state index is 11.9. The number of carbonyl (C=O) groups is 1. The third-order valence-electron chi connectivity index (χ3n) is 5.76. The molecule has 31 heavy (non-hydrogen) atoms. The van der Waals surface area contributed by atoms with Crippen molar-refractivity contribution < 1.29 is 14.6 Å². The third-order valence-corrected chi connectivity index (χ3v) is 5.76. The van der Waals surface area contributed by atoms with Crippen LogP contribution in [0.25, 0.3) is 0 Å². The molecule has 0 heterocycles. The number of rotatable bonds is 21. The molecule has 178 valence electrons. The molecule has 2 N–H and O–H groups in total. The minimum atomic E-state index is 0.233. The molecule has 4 heteroatoms. The van der Waals surface area contributed by atoms with Crippen molar-refractivity contribution in [3.05, 3.63) is 24.3 Å². The van der Waals surface area contributed by atoms with Crippen LogP contribution in [-0.4, -0.2) is 24.2 Å². The zero-order valence-electron chi connectivity index (χ0n) is 20.0. The number of phenolic OH excluding ortho intramolecular Hbond substituents is 1. The number of hydrogen-bond acceptors (Lipinski definition) is 3. The first-order valence-electron chi connectivity index (χ1n) is 12.9. The van der Waals surface area contributed by atoms with E-state index < -0.39 is 0 Å². The van der Waals surface area contributed by atoms with E-state index in [9.17, 15) is 9.90 Å². The Morgan fingerprint density at radius 2 is 1.26 bits per heavy atom. The molecule has 0 saturated carbocycles. The average Bonchev–Trinajstić information content (AvgIpc) is 2.77. The van der Waals surface area contributed by atoms with Crippen LogP contribution in [0.15, 0.2) is 24.3 Å². The number of ether oxygens (including phenoxy) is 1. The van der Waals surface area contributed by atoms with Crippen molar-refractivity contribution in [2.45, 2.75) is 116 Å². The molecule has 1 aromatic rings. The topological polar surface area (TPSA) is 58.6 Å². The van der Waals surface area contributed by atoms with E-state index in [0.717, 1.165) is 44.6 Å². The summed E-state index contributed by atoms with van der Waals surface area (Å²) in [5.74, 6) is 1.32. The Bertz CT molecular complexity index is 530. The summed E-state index contributed by atoms with van der Waals surface area (Å²) in [6.45, 7) is 3.84. The molecule has 4 nitrogen and oxygen atoms in total. The monoisotopic (exact) mass is 433 g/mol. The van der Waals surface area contributed by atoms with Gasteiger partial charge in [0.15, 0.2) is 0 Å². The highest BCUT2D eigenvalue weighted by molar-refractivity contribution is 5.75. The van der Waals surface area contributed by atoms with Crippen LogP contribution in [-0.2, 0) is 4.79 Å². The summed E-state index contributed by atoms with van der Waals surface area (Å²) in [5, 5.41) is 12.3.